The normalized spacial score (nSPS) is 18.2. The molecule has 4 atom stereocenters. The molecule has 6 aromatic rings. The van der Waals surface area contributed by atoms with Gasteiger partial charge in [-0.05, 0) is 73.2 Å². The summed E-state index contributed by atoms with van der Waals surface area (Å²) in [6.07, 6.45) is 4.44. The second-order valence-electron chi connectivity index (χ2n) is 13.5. The van der Waals surface area contributed by atoms with Crippen LogP contribution in [0.15, 0.2) is 122 Å². The first-order valence-corrected chi connectivity index (χ1v) is 18.0. The molecule has 4 N–H and O–H groups in total. The highest BCUT2D eigenvalue weighted by atomic mass is 16.5. The smallest absolute Gasteiger partial charge is 0.256 e. The minimum absolute atomic E-state index is 0.234. The molecule has 2 aliphatic heterocycles. The Hall–Kier alpha value is -6.04. The molecule has 8 rings (SSSR count). The molecule has 2 saturated heterocycles. The highest BCUT2D eigenvalue weighted by Gasteiger charge is 2.37. The number of nitrogens with one attached hydrogen (secondary N) is 2. The highest BCUT2D eigenvalue weighted by Crippen LogP contribution is 2.36. The van der Waals surface area contributed by atoms with E-state index in [0.29, 0.717) is 47.4 Å². The Kier molecular flexibility index (Phi) is 9.58. The molecule has 11 heteroatoms. The van der Waals surface area contributed by atoms with E-state index in [0.717, 1.165) is 48.2 Å². The van der Waals surface area contributed by atoms with Crippen LogP contribution >= 0.6 is 0 Å². The van der Waals surface area contributed by atoms with Gasteiger partial charge in [-0.1, -0.05) is 72.8 Å². The van der Waals surface area contributed by atoms with Crippen molar-refractivity contribution < 1.29 is 24.5 Å². The summed E-state index contributed by atoms with van der Waals surface area (Å²) >= 11 is 0. The largest absolute Gasteiger partial charge is 0.457 e. The molecule has 2 fully saturated rings. The molecule has 268 valence electrons. The average Bonchev–Trinajstić information content (AvgIpc) is 4.05. The quantitative estimate of drug-likeness (QED) is 0.119. The van der Waals surface area contributed by atoms with Gasteiger partial charge in [-0.3, -0.25) is 9.59 Å². The number of amides is 2. The van der Waals surface area contributed by atoms with E-state index in [1.54, 1.807) is 34.1 Å². The van der Waals surface area contributed by atoms with Crippen LogP contribution in [-0.4, -0.2) is 64.9 Å². The summed E-state index contributed by atoms with van der Waals surface area (Å²) in [4.78, 5) is 46.2. The van der Waals surface area contributed by atoms with Crippen LogP contribution < -0.4 is 4.74 Å². The summed E-state index contributed by atoms with van der Waals surface area (Å²) < 4.78 is 6.23. The van der Waals surface area contributed by atoms with Gasteiger partial charge in [0.1, 0.15) is 23.1 Å². The minimum atomic E-state index is -1.22. The van der Waals surface area contributed by atoms with Crippen molar-refractivity contribution in [2.45, 2.75) is 50.0 Å². The second-order valence-corrected chi connectivity index (χ2v) is 13.5. The Morgan fingerprint density at radius 2 is 1.13 bits per heavy atom. The number of carbonyl (C=O) groups excluding carboxylic acids is 2. The van der Waals surface area contributed by atoms with Crippen molar-refractivity contribution in [3.05, 3.63) is 144 Å². The van der Waals surface area contributed by atoms with Crippen molar-refractivity contribution in [3.63, 3.8) is 0 Å². The zero-order valence-corrected chi connectivity index (χ0v) is 29.0. The maximum absolute atomic E-state index is 13.3. The van der Waals surface area contributed by atoms with Crippen molar-refractivity contribution in [1.29, 1.82) is 0 Å². The molecule has 4 aromatic carbocycles. The van der Waals surface area contributed by atoms with Crippen LogP contribution in [0.5, 0.6) is 11.5 Å². The first-order valence-electron chi connectivity index (χ1n) is 18.0. The van der Waals surface area contributed by atoms with E-state index in [2.05, 4.69) is 9.97 Å². The van der Waals surface area contributed by atoms with Crippen molar-refractivity contribution in [1.82, 2.24) is 29.7 Å². The molecule has 53 heavy (non-hydrogen) atoms. The number of rotatable bonds is 10. The molecular weight excluding hydrogens is 668 g/mol. The van der Waals surface area contributed by atoms with Crippen LogP contribution in [0.25, 0.3) is 22.5 Å². The molecule has 11 nitrogen and oxygen atoms in total. The molecule has 0 aliphatic carbocycles. The fourth-order valence-corrected chi connectivity index (χ4v) is 7.36. The Bertz CT molecular complexity index is 2180. The Balaban J connectivity index is 0.914. The number of hydrogen-bond acceptors (Lipinski definition) is 7. The fraction of sp³-hybridized carbons (Fsp3) is 0.238. The lowest BCUT2D eigenvalue weighted by Crippen LogP contribution is -2.35. The number of H-pyrrole nitrogens is 2. The molecule has 2 aliphatic rings. The molecule has 0 unspecified atom stereocenters. The van der Waals surface area contributed by atoms with Crippen molar-refractivity contribution in [3.8, 4) is 34.0 Å². The fourth-order valence-electron chi connectivity index (χ4n) is 7.36. The van der Waals surface area contributed by atoms with Gasteiger partial charge in [0, 0.05) is 36.6 Å². The molecule has 2 amide bonds. The van der Waals surface area contributed by atoms with Gasteiger partial charge in [0.05, 0.1) is 23.5 Å². The summed E-state index contributed by atoms with van der Waals surface area (Å²) in [6, 6.07) is 32.9. The number of nitrogens with zero attached hydrogens (tertiary/aromatic N) is 4. The second kappa shape index (κ2) is 14.9. The van der Waals surface area contributed by atoms with Gasteiger partial charge in [0.25, 0.3) is 11.8 Å². The zero-order chi connectivity index (χ0) is 36.3. The average molecular weight is 709 g/mol. The van der Waals surface area contributed by atoms with Crippen LogP contribution in [0.2, 0.25) is 0 Å². The van der Waals surface area contributed by atoms with Crippen molar-refractivity contribution >= 4 is 11.8 Å². The van der Waals surface area contributed by atoms with Gasteiger partial charge >= 0.3 is 0 Å². The molecule has 2 aromatic heterocycles. The van der Waals surface area contributed by atoms with Crippen LogP contribution in [0.3, 0.4) is 0 Å². The topological polar surface area (TPSA) is 148 Å². The van der Waals surface area contributed by atoms with E-state index >= 15 is 0 Å². The van der Waals surface area contributed by atoms with Crippen LogP contribution in [0.4, 0.5) is 0 Å². The Morgan fingerprint density at radius 1 is 0.623 bits per heavy atom. The first-order chi connectivity index (χ1) is 25.9. The van der Waals surface area contributed by atoms with E-state index in [1.807, 2.05) is 97.3 Å². The van der Waals surface area contributed by atoms with Crippen LogP contribution in [-0.2, 0) is 9.59 Å². The lowest BCUT2D eigenvalue weighted by atomic mass is 10.1. The number of imidazole rings is 2. The number of hydrogen-bond donors (Lipinski definition) is 4. The number of likely N-dealkylation sites (tertiary alicyclic amines) is 2. The van der Waals surface area contributed by atoms with Crippen LogP contribution in [0, 0.1) is 0 Å². The van der Waals surface area contributed by atoms with Gasteiger partial charge in [0.15, 0.2) is 12.2 Å². The van der Waals surface area contributed by atoms with E-state index in [1.165, 1.54) is 0 Å². The summed E-state index contributed by atoms with van der Waals surface area (Å²) in [7, 11) is 0. The number of benzene rings is 4. The first kappa shape index (κ1) is 34.1. The monoisotopic (exact) mass is 708 g/mol. The summed E-state index contributed by atoms with van der Waals surface area (Å²) in [5.41, 5.74) is 4.40. The molecule has 0 radical (unpaired) electrons. The zero-order valence-electron chi connectivity index (χ0n) is 29.0. The summed E-state index contributed by atoms with van der Waals surface area (Å²) in [5.74, 6) is 2.05. The SMILES string of the molecule is O=C([C@H](O)c1ccccc1)N1CCC[C@H]1c1nc(-c2ccc(Oc3cccc(-c4c[nH]c([C@@H]5CCCN5C(=O)[C@H](O)c5ccccc5)n4)c3)cc2)c[nH]1. The van der Waals surface area contributed by atoms with Gasteiger partial charge < -0.3 is 34.7 Å². The number of ether oxygens (including phenoxy) is 1. The van der Waals surface area contributed by atoms with Gasteiger partial charge in [-0.25, -0.2) is 9.97 Å². The van der Waals surface area contributed by atoms with E-state index < -0.39 is 12.2 Å². The van der Waals surface area contributed by atoms with E-state index in [4.69, 9.17) is 14.7 Å². The lowest BCUT2D eigenvalue weighted by Gasteiger charge is -2.25. The number of aromatic nitrogens is 4. The van der Waals surface area contributed by atoms with Crippen LogP contribution in [0.1, 0.15) is 72.8 Å². The Morgan fingerprint density at radius 3 is 1.66 bits per heavy atom. The molecular formula is C42H40N6O5. The molecule has 0 spiro atoms. The number of aliphatic hydroxyl groups excluding tert-OH is 2. The lowest BCUT2D eigenvalue weighted by molar-refractivity contribution is -0.142. The maximum atomic E-state index is 13.3. The number of aliphatic hydroxyl groups is 2. The number of carbonyl (C=O) groups is 2. The summed E-state index contributed by atoms with van der Waals surface area (Å²) in [6.45, 7) is 1.13. The predicted octanol–water partition coefficient (Wildman–Crippen LogP) is 7.05. The molecule has 4 heterocycles. The number of aromatic amines is 2. The molecule has 0 saturated carbocycles. The standard InChI is InChI=1S/C42H40N6O5/c49-37(28-10-3-1-4-11-28)41(51)47-22-8-16-35(47)39-43-25-33(45-39)27-18-20-31(21-19-27)53-32-15-7-14-30(24-32)34-26-44-40(46-34)36-17-9-23-48(36)42(52)38(50)29-12-5-2-6-13-29/h1-7,10-15,18-21,24-26,35-38,49-50H,8-9,16-17,22-23H2,(H,43,45)(H,44,46)/t35-,36-,37+,38+/m0/s1. The predicted molar refractivity (Wildman–Crippen MR) is 198 cm³/mol. The van der Waals surface area contributed by atoms with Gasteiger partial charge in [-0.15, -0.1) is 0 Å². The van der Waals surface area contributed by atoms with Gasteiger partial charge in [-0.2, -0.15) is 0 Å². The highest BCUT2D eigenvalue weighted by molar-refractivity contribution is 5.83. The third-order valence-corrected chi connectivity index (χ3v) is 10.1. The van der Waals surface area contributed by atoms with E-state index in [-0.39, 0.29) is 23.9 Å². The van der Waals surface area contributed by atoms with Gasteiger partial charge in [0.2, 0.25) is 0 Å². The maximum Gasteiger partial charge on any atom is 0.256 e. The third-order valence-electron chi connectivity index (χ3n) is 10.1. The third kappa shape index (κ3) is 7.09. The van der Waals surface area contributed by atoms with Crippen molar-refractivity contribution in [2.24, 2.45) is 0 Å². The Labute approximate surface area is 306 Å². The van der Waals surface area contributed by atoms with E-state index in [9.17, 15) is 19.8 Å². The minimum Gasteiger partial charge on any atom is -0.457 e. The van der Waals surface area contributed by atoms with Crippen molar-refractivity contribution in [2.75, 3.05) is 13.1 Å². The molecule has 0 bridgehead atoms. The summed E-state index contributed by atoms with van der Waals surface area (Å²) in [5, 5.41) is 21.5.